The number of halogens is 3. The van der Waals surface area contributed by atoms with Gasteiger partial charge in [-0.15, -0.1) is 0 Å². The molecule has 1 atom stereocenters. The van der Waals surface area contributed by atoms with E-state index in [-0.39, 0.29) is 39.2 Å². The van der Waals surface area contributed by atoms with Crippen LogP contribution in [0.4, 0.5) is 5.69 Å². The third kappa shape index (κ3) is 4.37. The van der Waals surface area contributed by atoms with Gasteiger partial charge in [0, 0.05) is 33.8 Å². The van der Waals surface area contributed by atoms with Crippen LogP contribution in [0.25, 0.3) is 0 Å². The van der Waals surface area contributed by atoms with Crippen LogP contribution in [0.5, 0.6) is 11.5 Å². The number of hydrogen-bond acceptors (Lipinski definition) is 7. The number of rotatable bonds is 4. The summed E-state index contributed by atoms with van der Waals surface area (Å²) in [5.41, 5.74) is 6.81. The van der Waals surface area contributed by atoms with Crippen LogP contribution in [0.15, 0.2) is 66.1 Å². The summed E-state index contributed by atoms with van der Waals surface area (Å²) < 4.78 is 11.0. The highest BCUT2D eigenvalue weighted by Gasteiger charge is 2.32. The summed E-state index contributed by atoms with van der Waals surface area (Å²) in [5, 5.41) is 21.5. The third-order valence-electron chi connectivity index (χ3n) is 5.06. The van der Waals surface area contributed by atoms with Gasteiger partial charge < -0.3 is 15.2 Å². The van der Waals surface area contributed by atoms with E-state index in [9.17, 15) is 20.2 Å². The van der Waals surface area contributed by atoms with Crippen molar-refractivity contribution in [3.63, 3.8) is 0 Å². The summed E-state index contributed by atoms with van der Waals surface area (Å²) in [4.78, 5) is 23.0. The van der Waals surface area contributed by atoms with Crippen molar-refractivity contribution in [3.05, 3.63) is 108 Å². The summed E-state index contributed by atoms with van der Waals surface area (Å²) >= 11 is 18.4. The second-order valence-electron chi connectivity index (χ2n) is 7.10. The van der Waals surface area contributed by atoms with Gasteiger partial charge in [-0.3, -0.25) is 10.1 Å². The Morgan fingerprint density at radius 1 is 1.06 bits per heavy atom. The first-order chi connectivity index (χ1) is 16.2. The fourth-order valence-corrected chi connectivity index (χ4v) is 4.21. The van der Waals surface area contributed by atoms with Crippen LogP contribution in [-0.4, -0.2) is 10.9 Å². The Bertz CT molecular complexity index is 1430. The van der Waals surface area contributed by atoms with E-state index in [1.807, 2.05) is 0 Å². The number of benzene rings is 3. The number of esters is 1. The Hall–Kier alpha value is -3.77. The number of allylic oxidation sites excluding steroid dienone is 1. The smallest absolute Gasteiger partial charge is 0.345 e. The molecule has 1 heterocycles. The molecule has 0 spiro atoms. The Morgan fingerprint density at radius 3 is 2.47 bits per heavy atom. The molecule has 4 rings (SSSR count). The zero-order valence-electron chi connectivity index (χ0n) is 16.9. The normalized spacial score (nSPS) is 14.6. The van der Waals surface area contributed by atoms with Gasteiger partial charge in [0.05, 0.1) is 21.4 Å². The lowest BCUT2D eigenvalue weighted by molar-refractivity contribution is -0.384. The molecule has 3 aromatic rings. The van der Waals surface area contributed by atoms with Crippen molar-refractivity contribution in [1.29, 1.82) is 5.26 Å². The van der Waals surface area contributed by atoms with E-state index in [1.54, 1.807) is 24.3 Å². The van der Waals surface area contributed by atoms with Crippen molar-refractivity contribution in [2.24, 2.45) is 5.73 Å². The Balaban J connectivity index is 1.71. The fraction of sp³-hybridized carbons (Fsp3) is 0.0435. The largest absolute Gasteiger partial charge is 0.440 e. The van der Waals surface area contributed by atoms with Gasteiger partial charge >= 0.3 is 5.97 Å². The number of fused-ring (bicyclic) bond motifs is 1. The van der Waals surface area contributed by atoms with Gasteiger partial charge in [-0.05, 0) is 29.8 Å². The molecule has 34 heavy (non-hydrogen) atoms. The molecule has 3 aromatic carbocycles. The first kappa shape index (κ1) is 23.4. The average molecular weight is 517 g/mol. The predicted octanol–water partition coefficient (Wildman–Crippen LogP) is 5.99. The second kappa shape index (κ2) is 9.23. The molecule has 0 aromatic heterocycles. The number of carbonyl (C=O) groups excluding carboxylic acids is 1. The zero-order chi connectivity index (χ0) is 24.6. The number of nitro groups is 1. The van der Waals surface area contributed by atoms with Gasteiger partial charge in [0.2, 0.25) is 5.88 Å². The minimum atomic E-state index is -0.900. The molecule has 0 bridgehead atoms. The van der Waals surface area contributed by atoms with E-state index >= 15 is 0 Å². The van der Waals surface area contributed by atoms with Crippen molar-refractivity contribution in [2.75, 3.05) is 0 Å². The first-order valence-electron chi connectivity index (χ1n) is 9.52. The number of ether oxygens (including phenoxy) is 2. The van der Waals surface area contributed by atoms with Crippen LogP contribution < -0.4 is 15.2 Å². The van der Waals surface area contributed by atoms with Gasteiger partial charge in [-0.1, -0.05) is 46.9 Å². The average Bonchev–Trinajstić information content (AvgIpc) is 2.78. The van der Waals surface area contributed by atoms with E-state index in [4.69, 9.17) is 50.0 Å². The minimum absolute atomic E-state index is 0.00639. The molecule has 1 aliphatic rings. The summed E-state index contributed by atoms with van der Waals surface area (Å²) in [6.45, 7) is 0. The molecule has 1 unspecified atom stereocenters. The van der Waals surface area contributed by atoms with Gasteiger partial charge in [0.1, 0.15) is 23.1 Å². The number of hydrogen-bond donors (Lipinski definition) is 1. The number of non-ortho nitro benzene ring substituents is 1. The lowest BCUT2D eigenvalue weighted by Gasteiger charge is -2.27. The van der Waals surface area contributed by atoms with Gasteiger partial charge in [-0.25, -0.2) is 4.79 Å². The van der Waals surface area contributed by atoms with Crippen LogP contribution in [0.1, 0.15) is 27.4 Å². The molecule has 0 saturated carbocycles. The summed E-state index contributed by atoms with van der Waals surface area (Å²) in [7, 11) is 0. The Kier molecular flexibility index (Phi) is 6.35. The minimum Gasteiger partial charge on any atom is -0.440 e. The molecule has 2 N–H and O–H groups in total. The van der Waals surface area contributed by atoms with Crippen LogP contribution in [-0.2, 0) is 0 Å². The molecule has 0 amide bonds. The van der Waals surface area contributed by atoms with Crippen molar-refractivity contribution in [3.8, 4) is 17.6 Å². The summed E-state index contributed by atoms with van der Waals surface area (Å²) in [5.74, 6) is -1.36. The second-order valence-corrected chi connectivity index (χ2v) is 8.35. The van der Waals surface area contributed by atoms with Crippen molar-refractivity contribution >= 4 is 46.5 Å². The van der Waals surface area contributed by atoms with E-state index < -0.39 is 16.8 Å². The molecule has 1 aliphatic heterocycles. The van der Waals surface area contributed by atoms with Gasteiger partial charge in [0.15, 0.2) is 0 Å². The van der Waals surface area contributed by atoms with Crippen molar-refractivity contribution in [2.45, 2.75) is 5.92 Å². The van der Waals surface area contributed by atoms with Gasteiger partial charge in [-0.2, -0.15) is 5.26 Å². The first-order valence-corrected chi connectivity index (χ1v) is 10.7. The molecule has 8 nitrogen and oxygen atoms in total. The maximum atomic E-state index is 12.6. The summed E-state index contributed by atoms with van der Waals surface area (Å²) in [6, 6.07) is 14.9. The van der Waals surface area contributed by atoms with E-state index in [0.717, 1.165) is 6.07 Å². The highest BCUT2D eigenvalue weighted by atomic mass is 35.5. The number of carbonyl (C=O) groups is 1. The zero-order valence-corrected chi connectivity index (χ0v) is 19.2. The topological polar surface area (TPSA) is 128 Å². The number of nitrogens with zero attached hydrogens (tertiary/aromatic N) is 2. The summed E-state index contributed by atoms with van der Waals surface area (Å²) in [6.07, 6.45) is 0. The lowest BCUT2D eigenvalue weighted by Crippen LogP contribution is -2.21. The van der Waals surface area contributed by atoms with E-state index in [2.05, 4.69) is 6.07 Å². The molecular formula is C23H12Cl3N3O5. The standard InChI is InChI=1S/C23H12Cl3N3O5/c24-11-1-4-14(19(26)7-11)21-15-5-3-13(9-20(15)34-22(28)17(21)10-27)33-23(30)16-8-12(29(31)32)2-6-18(16)25/h1-9,21H,28H2. The monoisotopic (exact) mass is 515 g/mol. The van der Waals surface area contributed by atoms with Crippen molar-refractivity contribution in [1.82, 2.24) is 0 Å². The van der Waals surface area contributed by atoms with Gasteiger partial charge in [0.25, 0.3) is 5.69 Å². The maximum Gasteiger partial charge on any atom is 0.345 e. The Labute approximate surface area is 207 Å². The fourth-order valence-electron chi connectivity index (χ4n) is 3.50. The molecular weight excluding hydrogens is 505 g/mol. The quantitative estimate of drug-likeness (QED) is 0.195. The molecule has 11 heteroatoms. The number of nitro benzene ring substituents is 1. The molecule has 0 saturated heterocycles. The van der Waals surface area contributed by atoms with E-state index in [1.165, 1.54) is 24.3 Å². The molecule has 0 aliphatic carbocycles. The predicted molar refractivity (Wildman–Crippen MR) is 125 cm³/mol. The van der Waals surface area contributed by atoms with Crippen LogP contribution >= 0.6 is 34.8 Å². The Morgan fingerprint density at radius 2 is 1.79 bits per heavy atom. The number of nitrogens with two attached hydrogens (primary N) is 1. The SMILES string of the molecule is N#CC1=C(N)Oc2cc(OC(=O)c3cc([N+](=O)[O-])ccc3Cl)ccc2C1c1ccc(Cl)cc1Cl. The van der Waals surface area contributed by atoms with Crippen LogP contribution in [0.2, 0.25) is 15.1 Å². The number of nitriles is 1. The highest BCUT2D eigenvalue weighted by Crippen LogP contribution is 2.45. The molecule has 0 fully saturated rings. The van der Waals surface area contributed by atoms with Crippen molar-refractivity contribution < 1.29 is 19.2 Å². The van der Waals surface area contributed by atoms with E-state index in [0.29, 0.717) is 21.2 Å². The van der Waals surface area contributed by atoms with Crippen LogP contribution in [0.3, 0.4) is 0 Å². The highest BCUT2D eigenvalue weighted by molar-refractivity contribution is 6.35. The lowest BCUT2D eigenvalue weighted by atomic mass is 9.83. The molecule has 0 radical (unpaired) electrons. The molecule has 170 valence electrons. The maximum absolute atomic E-state index is 12.6. The van der Waals surface area contributed by atoms with Crippen LogP contribution in [0, 0.1) is 21.4 Å². The third-order valence-corrected chi connectivity index (χ3v) is 5.95.